The van der Waals surface area contributed by atoms with Crippen LogP contribution in [0.3, 0.4) is 0 Å². The lowest BCUT2D eigenvalue weighted by Crippen LogP contribution is -2.40. The lowest BCUT2D eigenvalue weighted by molar-refractivity contribution is 0.0377. The summed E-state index contributed by atoms with van der Waals surface area (Å²) in [5.41, 5.74) is 2.58. The lowest BCUT2D eigenvalue weighted by Gasteiger charge is -2.39. The van der Waals surface area contributed by atoms with Crippen LogP contribution in [0.15, 0.2) is 54.7 Å². The van der Waals surface area contributed by atoms with Crippen LogP contribution in [0.5, 0.6) is 5.75 Å². The fourth-order valence-corrected chi connectivity index (χ4v) is 4.24. The first kappa shape index (κ1) is 20.7. The number of hydrogen-bond acceptors (Lipinski definition) is 4. The van der Waals surface area contributed by atoms with E-state index >= 15 is 0 Å². The molecule has 1 N–H and O–H groups in total. The molecule has 0 bridgehead atoms. The highest BCUT2D eigenvalue weighted by Crippen LogP contribution is 2.48. The van der Waals surface area contributed by atoms with Gasteiger partial charge >= 0.3 is 5.97 Å². The van der Waals surface area contributed by atoms with Gasteiger partial charge in [0.25, 0.3) is 5.91 Å². The number of nitrogens with zero attached hydrogens (tertiary/aromatic N) is 3. The number of aromatic nitrogens is 2. The summed E-state index contributed by atoms with van der Waals surface area (Å²) in [7, 11) is 3.60. The first-order valence-corrected chi connectivity index (χ1v) is 10.3. The molecule has 160 valence electrons. The molecule has 1 unspecified atom stereocenters. The number of rotatable bonds is 6. The predicted molar refractivity (Wildman–Crippen MR) is 116 cm³/mol. The van der Waals surface area contributed by atoms with Gasteiger partial charge in [0, 0.05) is 38.2 Å². The quantitative estimate of drug-likeness (QED) is 0.654. The molecule has 0 fully saturated rings. The minimum absolute atomic E-state index is 0.00180. The van der Waals surface area contributed by atoms with Gasteiger partial charge in [-0.15, -0.1) is 0 Å². The molecule has 4 rings (SSSR count). The van der Waals surface area contributed by atoms with E-state index in [1.165, 1.54) is 6.07 Å². The number of carboxylic acids is 1. The standard InChI is InChI=1S/C24H25N3O4/c1-4-24(13-14-26(2)22(28)16-9-5-6-10-17(16)23(29)30)19-15-25-27(3)21(19)18-11-7-8-12-20(18)31-24/h5-12,15H,4,13-14H2,1-3H3,(H,29,30). The first-order chi connectivity index (χ1) is 14.9. The maximum atomic E-state index is 13.0. The van der Waals surface area contributed by atoms with Crippen molar-refractivity contribution < 1.29 is 19.4 Å². The highest BCUT2D eigenvalue weighted by Gasteiger charge is 2.41. The Morgan fingerprint density at radius 2 is 1.81 bits per heavy atom. The molecule has 31 heavy (non-hydrogen) atoms. The number of hydrogen-bond donors (Lipinski definition) is 1. The second-order valence-corrected chi connectivity index (χ2v) is 7.80. The third kappa shape index (κ3) is 3.46. The van der Waals surface area contributed by atoms with Crippen LogP contribution in [0.4, 0.5) is 0 Å². The molecule has 1 aliphatic heterocycles. The van der Waals surface area contributed by atoms with E-state index in [0.717, 1.165) is 22.6 Å². The first-order valence-electron chi connectivity index (χ1n) is 10.3. The molecule has 3 aromatic rings. The summed E-state index contributed by atoms with van der Waals surface area (Å²) in [6.07, 6.45) is 3.10. The van der Waals surface area contributed by atoms with Gasteiger partial charge in [0.2, 0.25) is 0 Å². The molecule has 7 heteroatoms. The summed E-state index contributed by atoms with van der Waals surface area (Å²) < 4.78 is 8.38. The van der Waals surface area contributed by atoms with Crippen molar-refractivity contribution in [2.45, 2.75) is 25.4 Å². The van der Waals surface area contributed by atoms with Crippen LogP contribution in [0.25, 0.3) is 11.3 Å². The van der Waals surface area contributed by atoms with Gasteiger partial charge in [-0.05, 0) is 30.7 Å². The monoisotopic (exact) mass is 419 g/mol. The largest absolute Gasteiger partial charge is 0.482 e. The number of carboxylic acid groups (broad SMARTS) is 1. The molecular formula is C24H25N3O4. The number of para-hydroxylation sites is 1. The molecule has 7 nitrogen and oxygen atoms in total. The van der Waals surface area contributed by atoms with E-state index in [2.05, 4.69) is 12.0 Å². The van der Waals surface area contributed by atoms with Crippen LogP contribution < -0.4 is 4.74 Å². The molecule has 1 aliphatic rings. The highest BCUT2D eigenvalue weighted by atomic mass is 16.5. The molecule has 0 saturated carbocycles. The van der Waals surface area contributed by atoms with Crippen molar-refractivity contribution in [3.05, 3.63) is 71.4 Å². The molecule has 0 saturated heterocycles. The Morgan fingerprint density at radius 1 is 1.13 bits per heavy atom. The highest BCUT2D eigenvalue weighted by molar-refractivity contribution is 6.04. The number of aromatic carboxylic acids is 1. The molecule has 1 amide bonds. The normalized spacial score (nSPS) is 16.7. The van der Waals surface area contributed by atoms with Gasteiger partial charge < -0.3 is 14.7 Å². The van der Waals surface area contributed by atoms with Gasteiger partial charge in [-0.2, -0.15) is 5.10 Å². The van der Waals surface area contributed by atoms with Crippen LogP contribution >= 0.6 is 0 Å². The minimum Gasteiger partial charge on any atom is -0.482 e. The third-order valence-corrected chi connectivity index (χ3v) is 6.03. The second kappa shape index (κ2) is 7.91. The fraction of sp³-hybridized carbons (Fsp3) is 0.292. The van der Waals surface area contributed by atoms with E-state index in [1.807, 2.05) is 42.2 Å². The van der Waals surface area contributed by atoms with Crippen molar-refractivity contribution in [1.82, 2.24) is 14.7 Å². The molecular weight excluding hydrogens is 394 g/mol. The van der Waals surface area contributed by atoms with Gasteiger partial charge in [-0.1, -0.05) is 31.2 Å². The zero-order valence-corrected chi connectivity index (χ0v) is 17.8. The van der Waals surface area contributed by atoms with E-state index in [1.54, 1.807) is 30.1 Å². The average Bonchev–Trinajstić information content (AvgIpc) is 3.19. The minimum atomic E-state index is -1.12. The number of ether oxygens (including phenoxy) is 1. The zero-order chi connectivity index (χ0) is 22.2. The van der Waals surface area contributed by atoms with Crippen molar-refractivity contribution in [2.24, 2.45) is 7.05 Å². The Bertz CT molecular complexity index is 1150. The van der Waals surface area contributed by atoms with Gasteiger partial charge in [0.15, 0.2) is 0 Å². The van der Waals surface area contributed by atoms with Gasteiger partial charge in [0.1, 0.15) is 11.4 Å². The summed E-state index contributed by atoms with van der Waals surface area (Å²) >= 11 is 0. The second-order valence-electron chi connectivity index (χ2n) is 7.80. The molecule has 0 radical (unpaired) electrons. The number of carbonyl (C=O) groups is 2. The van der Waals surface area contributed by atoms with Crippen LogP contribution in [0.2, 0.25) is 0 Å². The molecule has 0 aliphatic carbocycles. The number of carbonyl (C=O) groups excluding carboxylic acids is 1. The summed E-state index contributed by atoms with van der Waals surface area (Å²) in [5, 5.41) is 13.9. The lowest BCUT2D eigenvalue weighted by atomic mass is 9.83. The molecule has 2 heterocycles. The van der Waals surface area contributed by atoms with Crippen LogP contribution in [0.1, 0.15) is 46.0 Å². The van der Waals surface area contributed by atoms with Crippen LogP contribution in [-0.2, 0) is 12.6 Å². The Morgan fingerprint density at radius 3 is 2.52 bits per heavy atom. The Balaban J connectivity index is 1.62. The van der Waals surface area contributed by atoms with Crippen LogP contribution in [-0.4, -0.2) is 45.3 Å². The maximum Gasteiger partial charge on any atom is 0.336 e. The number of fused-ring (bicyclic) bond motifs is 3. The summed E-state index contributed by atoms with van der Waals surface area (Å²) in [6.45, 7) is 2.46. The summed E-state index contributed by atoms with van der Waals surface area (Å²) in [5.74, 6) is -0.646. The van der Waals surface area contributed by atoms with Crippen molar-refractivity contribution >= 4 is 11.9 Å². The third-order valence-electron chi connectivity index (χ3n) is 6.03. The van der Waals surface area contributed by atoms with Gasteiger partial charge in [-0.25, -0.2) is 4.79 Å². The average molecular weight is 419 g/mol. The zero-order valence-electron chi connectivity index (χ0n) is 17.8. The SMILES string of the molecule is CCC1(CCN(C)C(=O)c2ccccc2C(=O)O)Oc2ccccc2-c2c1cnn2C. The van der Waals surface area contributed by atoms with Gasteiger partial charge in [-0.3, -0.25) is 9.48 Å². The van der Waals surface area contributed by atoms with E-state index < -0.39 is 11.6 Å². The Labute approximate surface area is 180 Å². The van der Waals surface area contributed by atoms with E-state index in [0.29, 0.717) is 19.4 Å². The predicted octanol–water partition coefficient (Wildman–Crippen LogP) is 3.95. The smallest absolute Gasteiger partial charge is 0.336 e. The van der Waals surface area contributed by atoms with Crippen molar-refractivity contribution in [3.8, 4) is 17.0 Å². The Hall–Kier alpha value is -3.61. The van der Waals surface area contributed by atoms with Gasteiger partial charge in [0.05, 0.1) is 23.0 Å². The van der Waals surface area contributed by atoms with Crippen LogP contribution in [0, 0.1) is 0 Å². The summed E-state index contributed by atoms with van der Waals surface area (Å²) in [4.78, 5) is 26.1. The molecule has 1 atom stereocenters. The van der Waals surface area contributed by atoms with E-state index in [4.69, 9.17) is 4.74 Å². The fourth-order valence-electron chi connectivity index (χ4n) is 4.24. The number of aryl methyl sites for hydroxylation is 1. The maximum absolute atomic E-state index is 13.0. The molecule has 0 spiro atoms. The van der Waals surface area contributed by atoms with E-state index in [-0.39, 0.29) is 17.0 Å². The topological polar surface area (TPSA) is 84.7 Å². The Kier molecular flexibility index (Phi) is 5.27. The van der Waals surface area contributed by atoms with E-state index in [9.17, 15) is 14.7 Å². The van der Waals surface area contributed by atoms with Crippen molar-refractivity contribution in [3.63, 3.8) is 0 Å². The molecule has 2 aromatic carbocycles. The summed E-state index contributed by atoms with van der Waals surface area (Å²) in [6, 6.07) is 14.2. The number of benzene rings is 2. The number of amides is 1. The molecule has 1 aromatic heterocycles. The van der Waals surface area contributed by atoms with Crippen molar-refractivity contribution in [2.75, 3.05) is 13.6 Å². The van der Waals surface area contributed by atoms with Crippen molar-refractivity contribution in [1.29, 1.82) is 0 Å².